The molecule has 3 aromatic rings. The van der Waals surface area contributed by atoms with Gasteiger partial charge in [-0.1, -0.05) is 18.2 Å². The number of aromatic nitrogens is 2. The fraction of sp³-hybridized carbons (Fsp3) is 0.385. The molecule has 0 bridgehead atoms. The molecule has 7 heteroatoms. The zero-order valence-electron chi connectivity index (χ0n) is 19.0. The van der Waals surface area contributed by atoms with Gasteiger partial charge in [0.1, 0.15) is 19.3 Å². The van der Waals surface area contributed by atoms with Gasteiger partial charge in [0.25, 0.3) is 0 Å². The van der Waals surface area contributed by atoms with E-state index in [-0.39, 0.29) is 0 Å². The lowest BCUT2D eigenvalue weighted by atomic mass is 9.96. The maximum atomic E-state index is 10.1. The van der Waals surface area contributed by atoms with E-state index in [0.717, 1.165) is 72.8 Å². The van der Waals surface area contributed by atoms with Crippen LogP contribution in [0.25, 0.3) is 11.1 Å². The van der Waals surface area contributed by atoms with Crippen LogP contribution in [0.1, 0.15) is 24.0 Å². The van der Waals surface area contributed by atoms with E-state index in [1.54, 1.807) is 0 Å². The number of aryl methyl sites for hydroxylation is 1. The molecular formula is C26H29N5O2. The molecule has 0 radical (unpaired) electrons. The van der Waals surface area contributed by atoms with Crippen molar-refractivity contribution < 1.29 is 9.47 Å². The van der Waals surface area contributed by atoms with Gasteiger partial charge in [0.05, 0.1) is 17.4 Å². The number of benzene rings is 2. The Kier molecular flexibility index (Phi) is 6.18. The Labute approximate surface area is 194 Å². The van der Waals surface area contributed by atoms with Gasteiger partial charge in [0.2, 0.25) is 0 Å². The normalized spacial score (nSPS) is 15.9. The van der Waals surface area contributed by atoms with Crippen LogP contribution < -0.4 is 19.7 Å². The van der Waals surface area contributed by atoms with Crippen molar-refractivity contribution in [3.05, 3.63) is 59.9 Å². The van der Waals surface area contributed by atoms with Crippen molar-refractivity contribution in [2.24, 2.45) is 7.05 Å². The first-order valence-electron chi connectivity index (χ1n) is 11.6. The summed E-state index contributed by atoms with van der Waals surface area (Å²) in [6.07, 6.45) is 7.12. The Bertz CT molecular complexity index is 1160. The summed E-state index contributed by atoms with van der Waals surface area (Å²) >= 11 is 0. The summed E-state index contributed by atoms with van der Waals surface area (Å²) in [6.45, 7) is 3.94. The van der Waals surface area contributed by atoms with Crippen LogP contribution in [0.5, 0.6) is 11.5 Å². The summed E-state index contributed by atoms with van der Waals surface area (Å²) in [5.41, 5.74) is 4.90. The first kappa shape index (κ1) is 21.4. The number of piperidine rings is 1. The smallest absolute Gasteiger partial charge is 0.161 e. The molecule has 1 saturated heterocycles. The number of anilines is 1. The molecule has 0 unspecified atom stereocenters. The Morgan fingerprint density at radius 2 is 1.94 bits per heavy atom. The Morgan fingerprint density at radius 3 is 2.70 bits per heavy atom. The van der Waals surface area contributed by atoms with Crippen LogP contribution in [0.2, 0.25) is 0 Å². The van der Waals surface area contributed by atoms with Crippen LogP contribution >= 0.6 is 0 Å². The highest BCUT2D eigenvalue weighted by Gasteiger charge is 2.23. The third kappa shape index (κ3) is 4.67. The van der Waals surface area contributed by atoms with Crippen molar-refractivity contribution in [2.75, 3.05) is 37.7 Å². The molecule has 0 atom stereocenters. The lowest BCUT2D eigenvalue weighted by Gasteiger charge is -2.35. The number of nitrogens with zero attached hydrogens (tertiary/aromatic N) is 4. The van der Waals surface area contributed by atoms with E-state index in [4.69, 9.17) is 9.47 Å². The summed E-state index contributed by atoms with van der Waals surface area (Å²) < 4.78 is 13.2. The largest absolute Gasteiger partial charge is 0.486 e. The molecule has 0 aliphatic carbocycles. The van der Waals surface area contributed by atoms with Crippen LogP contribution in [0.15, 0.2) is 48.8 Å². The van der Waals surface area contributed by atoms with Gasteiger partial charge in [0, 0.05) is 37.9 Å². The molecule has 3 heterocycles. The molecule has 170 valence electrons. The number of nitriles is 1. The zero-order chi connectivity index (χ0) is 22.6. The lowest BCUT2D eigenvalue weighted by molar-refractivity contribution is 0.171. The summed E-state index contributed by atoms with van der Waals surface area (Å²) in [6, 6.07) is 15.0. The van der Waals surface area contributed by atoms with E-state index in [1.165, 1.54) is 5.56 Å². The number of hydrogen-bond donors (Lipinski definition) is 1. The maximum Gasteiger partial charge on any atom is 0.161 e. The van der Waals surface area contributed by atoms with E-state index in [9.17, 15) is 5.26 Å². The number of rotatable bonds is 6. The molecule has 0 amide bonds. The number of hydrogen-bond acceptors (Lipinski definition) is 6. The minimum absolute atomic E-state index is 0.504. The highest BCUT2D eigenvalue weighted by molar-refractivity contribution is 5.79. The van der Waals surface area contributed by atoms with Crippen LogP contribution in [-0.2, 0) is 13.5 Å². The second-order valence-electron chi connectivity index (χ2n) is 8.66. The molecule has 1 N–H and O–H groups in total. The Balaban J connectivity index is 1.25. The second-order valence-corrected chi connectivity index (χ2v) is 8.66. The van der Waals surface area contributed by atoms with Crippen molar-refractivity contribution in [2.45, 2.75) is 25.3 Å². The number of ether oxygens (including phenoxy) is 2. The van der Waals surface area contributed by atoms with Gasteiger partial charge in [-0.3, -0.25) is 4.68 Å². The summed E-state index contributed by atoms with van der Waals surface area (Å²) in [5.74, 6) is 1.50. The molecule has 0 saturated carbocycles. The van der Waals surface area contributed by atoms with E-state index in [0.29, 0.717) is 19.3 Å². The van der Waals surface area contributed by atoms with Crippen LogP contribution in [0, 0.1) is 11.3 Å². The van der Waals surface area contributed by atoms with Gasteiger partial charge >= 0.3 is 0 Å². The van der Waals surface area contributed by atoms with E-state index in [2.05, 4.69) is 33.6 Å². The van der Waals surface area contributed by atoms with E-state index >= 15 is 0 Å². The Morgan fingerprint density at radius 1 is 1.12 bits per heavy atom. The van der Waals surface area contributed by atoms with Crippen molar-refractivity contribution in [1.82, 2.24) is 15.1 Å². The first-order valence-corrected chi connectivity index (χ1v) is 11.6. The highest BCUT2D eigenvalue weighted by atomic mass is 16.6. The molecule has 7 nitrogen and oxygen atoms in total. The topological polar surface area (TPSA) is 75.3 Å². The van der Waals surface area contributed by atoms with Gasteiger partial charge in [-0.15, -0.1) is 0 Å². The molecule has 5 rings (SSSR count). The maximum absolute atomic E-state index is 10.1. The quantitative estimate of drug-likeness (QED) is 0.628. The van der Waals surface area contributed by atoms with Gasteiger partial charge in [-0.05, 0) is 55.1 Å². The fourth-order valence-corrected chi connectivity index (χ4v) is 4.72. The number of nitrogens with one attached hydrogen (secondary N) is 1. The standard InChI is InChI=1S/C26H29N5O2/c1-30-18-19(17-29-30)7-10-28-21-8-11-31(12-9-21)24-4-2-3-22(23(24)16-27)20-5-6-25-26(15-20)33-14-13-32-25/h2-6,15,17-18,21,28H,7-14H2,1H3. The van der Waals surface area contributed by atoms with Crippen LogP contribution in [0.4, 0.5) is 5.69 Å². The monoisotopic (exact) mass is 443 g/mol. The third-order valence-electron chi connectivity index (χ3n) is 6.45. The molecule has 1 aromatic heterocycles. The molecule has 1 fully saturated rings. The number of fused-ring (bicyclic) bond motifs is 1. The molecular weight excluding hydrogens is 414 g/mol. The molecule has 0 spiro atoms. The van der Waals surface area contributed by atoms with Gasteiger partial charge in [-0.2, -0.15) is 10.4 Å². The molecule has 2 aliphatic rings. The lowest BCUT2D eigenvalue weighted by Crippen LogP contribution is -2.43. The van der Waals surface area contributed by atoms with Crippen molar-refractivity contribution in [1.29, 1.82) is 5.26 Å². The van der Waals surface area contributed by atoms with Crippen molar-refractivity contribution >= 4 is 5.69 Å². The minimum Gasteiger partial charge on any atom is -0.486 e. The SMILES string of the molecule is Cn1cc(CCNC2CCN(c3cccc(-c4ccc5c(c4)OCCO5)c3C#N)CC2)cn1. The summed E-state index contributed by atoms with van der Waals surface area (Å²) in [7, 11) is 1.95. The van der Waals surface area contributed by atoms with Crippen molar-refractivity contribution in [3.8, 4) is 28.7 Å². The predicted octanol–water partition coefficient (Wildman–Crippen LogP) is 3.53. The van der Waals surface area contributed by atoms with Gasteiger partial charge in [0.15, 0.2) is 11.5 Å². The molecule has 2 aromatic carbocycles. The average Bonchev–Trinajstić information content (AvgIpc) is 3.28. The average molecular weight is 444 g/mol. The summed E-state index contributed by atoms with van der Waals surface area (Å²) in [4.78, 5) is 2.35. The summed E-state index contributed by atoms with van der Waals surface area (Å²) in [5, 5.41) is 18.0. The first-order chi connectivity index (χ1) is 16.2. The third-order valence-corrected chi connectivity index (χ3v) is 6.45. The van der Waals surface area contributed by atoms with Gasteiger partial charge < -0.3 is 19.7 Å². The zero-order valence-corrected chi connectivity index (χ0v) is 19.0. The van der Waals surface area contributed by atoms with E-state index < -0.39 is 0 Å². The minimum atomic E-state index is 0.504. The van der Waals surface area contributed by atoms with Gasteiger partial charge in [-0.25, -0.2) is 0 Å². The molecule has 2 aliphatic heterocycles. The van der Waals surface area contributed by atoms with Crippen LogP contribution in [0.3, 0.4) is 0 Å². The second kappa shape index (κ2) is 9.55. The molecule has 33 heavy (non-hydrogen) atoms. The Hall–Kier alpha value is -3.50. The van der Waals surface area contributed by atoms with Crippen molar-refractivity contribution in [3.63, 3.8) is 0 Å². The fourth-order valence-electron chi connectivity index (χ4n) is 4.72. The highest BCUT2D eigenvalue weighted by Crippen LogP contribution is 2.38. The van der Waals surface area contributed by atoms with E-state index in [1.807, 2.05) is 48.3 Å². The van der Waals surface area contributed by atoms with Crippen LogP contribution in [-0.4, -0.2) is 48.7 Å². The predicted molar refractivity (Wildman–Crippen MR) is 128 cm³/mol.